The molecule has 5 nitrogen and oxygen atoms in total. The maximum atomic E-state index is 12.3. The van der Waals surface area contributed by atoms with E-state index in [-0.39, 0.29) is 11.9 Å². The number of carbonyl (C=O) groups is 1. The van der Waals surface area contributed by atoms with Gasteiger partial charge in [0.15, 0.2) is 0 Å². The molecular weight excluding hydrogens is 292 g/mol. The van der Waals surface area contributed by atoms with E-state index in [9.17, 15) is 4.79 Å². The topological polar surface area (TPSA) is 48.5 Å². The average Bonchev–Trinajstić information content (AvgIpc) is 3.11. The number of nitrogens with one attached hydrogen (secondary N) is 1. The zero-order valence-electron chi connectivity index (χ0n) is 11.7. The van der Waals surface area contributed by atoms with Crippen molar-refractivity contribution in [2.24, 2.45) is 0 Å². The molecule has 1 aromatic heterocycles. The van der Waals surface area contributed by atoms with Gasteiger partial charge in [-0.25, -0.2) is 4.98 Å². The van der Waals surface area contributed by atoms with Crippen molar-refractivity contribution in [1.29, 1.82) is 0 Å². The predicted molar refractivity (Wildman–Crippen MR) is 83.0 cm³/mol. The lowest BCUT2D eigenvalue weighted by Crippen LogP contribution is -2.53. The summed E-state index contributed by atoms with van der Waals surface area (Å²) in [4.78, 5) is 21.2. The third-order valence-electron chi connectivity index (χ3n) is 3.75. The number of carbonyl (C=O) groups excluding carboxylic acids is 1. The largest absolute Gasteiger partial charge is 0.339 e. The van der Waals surface area contributed by atoms with Gasteiger partial charge in [-0.2, -0.15) is 0 Å². The van der Waals surface area contributed by atoms with Crippen LogP contribution in [0.5, 0.6) is 0 Å². The van der Waals surface area contributed by atoms with Gasteiger partial charge in [0, 0.05) is 49.7 Å². The van der Waals surface area contributed by atoms with Gasteiger partial charge in [0.2, 0.25) is 5.91 Å². The molecule has 3 heterocycles. The minimum Gasteiger partial charge on any atom is -0.339 e. The Morgan fingerprint density at radius 2 is 2.25 bits per heavy atom. The van der Waals surface area contributed by atoms with Gasteiger partial charge in [0.1, 0.15) is 0 Å². The summed E-state index contributed by atoms with van der Waals surface area (Å²) >= 11 is 3.51. The number of thioether (sulfide) groups is 1. The van der Waals surface area contributed by atoms with Gasteiger partial charge in [-0.1, -0.05) is 0 Å². The van der Waals surface area contributed by atoms with Crippen molar-refractivity contribution < 1.29 is 4.79 Å². The summed E-state index contributed by atoms with van der Waals surface area (Å²) in [6.07, 6.45) is 0. The first-order valence-corrected chi connectivity index (χ1v) is 8.99. The molecule has 1 aromatic rings. The van der Waals surface area contributed by atoms with Crippen molar-refractivity contribution in [3.8, 4) is 0 Å². The van der Waals surface area contributed by atoms with Crippen LogP contribution in [0.1, 0.15) is 10.7 Å². The fourth-order valence-corrected chi connectivity index (χ4v) is 4.15. The van der Waals surface area contributed by atoms with E-state index in [0.717, 1.165) is 55.1 Å². The number of thiazole rings is 1. The molecule has 1 N–H and O–H groups in total. The summed E-state index contributed by atoms with van der Waals surface area (Å²) in [6, 6.07) is 0.0349. The van der Waals surface area contributed by atoms with Crippen molar-refractivity contribution in [3.63, 3.8) is 0 Å². The zero-order valence-corrected chi connectivity index (χ0v) is 13.3. The maximum absolute atomic E-state index is 12.3. The second kappa shape index (κ2) is 6.43. The van der Waals surface area contributed by atoms with Gasteiger partial charge in [-0.3, -0.25) is 15.0 Å². The van der Waals surface area contributed by atoms with Gasteiger partial charge in [0.05, 0.1) is 16.7 Å². The Morgan fingerprint density at radius 1 is 1.45 bits per heavy atom. The molecule has 0 bridgehead atoms. The SMILES string of the molecule is Cc1nc(CN2CCN(C(=O)[C@H]3CSCN3)CC2)cs1. The minimum atomic E-state index is 0.0349. The first kappa shape index (κ1) is 14.3. The highest BCUT2D eigenvalue weighted by atomic mass is 32.2. The highest BCUT2D eigenvalue weighted by Gasteiger charge is 2.29. The molecule has 0 aromatic carbocycles. The van der Waals surface area contributed by atoms with Crippen molar-refractivity contribution in [2.75, 3.05) is 37.8 Å². The normalized spacial score (nSPS) is 24.2. The monoisotopic (exact) mass is 312 g/mol. The molecule has 2 aliphatic heterocycles. The van der Waals surface area contributed by atoms with Gasteiger partial charge in [-0.15, -0.1) is 23.1 Å². The first-order chi connectivity index (χ1) is 9.72. The average molecular weight is 312 g/mol. The summed E-state index contributed by atoms with van der Waals surface area (Å²) in [5.74, 6) is 2.09. The maximum Gasteiger partial charge on any atom is 0.240 e. The molecule has 0 radical (unpaired) electrons. The van der Waals surface area contributed by atoms with Gasteiger partial charge in [0.25, 0.3) is 0 Å². The number of hydrogen-bond donors (Lipinski definition) is 1. The van der Waals surface area contributed by atoms with Crippen LogP contribution in [0.3, 0.4) is 0 Å². The number of hydrogen-bond acceptors (Lipinski definition) is 6. The van der Waals surface area contributed by atoms with Crippen molar-refractivity contribution >= 4 is 29.0 Å². The molecule has 1 atom stereocenters. The Bertz CT molecular complexity index is 465. The molecule has 2 aliphatic rings. The van der Waals surface area contributed by atoms with Crippen LogP contribution in [0.4, 0.5) is 0 Å². The summed E-state index contributed by atoms with van der Waals surface area (Å²) in [5, 5.41) is 6.51. The highest BCUT2D eigenvalue weighted by molar-refractivity contribution is 7.99. The summed E-state index contributed by atoms with van der Waals surface area (Å²) in [5.41, 5.74) is 1.15. The van der Waals surface area contributed by atoms with Crippen LogP contribution in [-0.2, 0) is 11.3 Å². The Kier molecular flexibility index (Phi) is 4.60. The quantitative estimate of drug-likeness (QED) is 0.893. The van der Waals surface area contributed by atoms with Crippen LogP contribution in [0.15, 0.2) is 5.38 Å². The number of aromatic nitrogens is 1. The number of nitrogens with zero attached hydrogens (tertiary/aromatic N) is 3. The van der Waals surface area contributed by atoms with Crippen LogP contribution in [-0.4, -0.2) is 64.5 Å². The first-order valence-electron chi connectivity index (χ1n) is 6.95. The molecule has 20 heavy (non-hydrogen) atoms. The molecule has 7 heteroatoms. The van der Waals surface area contributed by atoms with E-state index < -0.39 is 0 Å². The highest BCUT2D eigenvalue weighted by Crippen LogP contribution is 2.15. The molecule has 0 spiro atoms. The fourth-order valence-electron chi connectivity index (χ4n) is 2.61. The molecule has 0 saturated carbocycles. The lowest BCUT2D eigenvalue weighted by molar-refractivity contribution is -0.134. The molecule has 3 rings (SSSR count). The van der Waals surface area contributed by atoms with Crippen LogP contribution in [0, 0.1) is 6.92 Å². The van der Waals surface area contributed by atoms with Gasteiger partial charge < -0.3 is 4.90 Å². The summed E-state index contributed by atoms with van der Waals surface area (Å²) < 4.78 is 0. The number of rotatable bonds is 3. The Morgan fingerprint density at radius 3 is 2.85 bits per heavy atom. The molecule has 110 valence electrons. The molecule has 0 unspecified atom stereocenters. The van der Waals surface area contributed by atoms with E-state index in [1.807, 2.05) is 11.8 Å². The van der Waals surface area contributed by atoms with Gasteiger partial charge >= 0.3 is 0 Å². The third kappa shape index (κ3) is 3.33. The van der Waals surface area contributed by atoms with E-state index >= 15 is 0 Å². The van der Waals surface area contributed by atoms with E-state index in [4.69, 9.17) is 0 Å². The molecular formula is C13H20N4OS2. The lowest BCUT2D eigenvalue weighted by Gasteiger charge is -2.35. The molecule has 2 fully saturated rings. The third-order valence-corrected chi connectivity index (χ3v) is 5.51. The molecule has 0 aliphatic carbocycles. The zero-order chi connectivity index (χ0) is 13.9. The van der Waals surface area contributed by atoms with Crippen LogP contribution < -0.4 is 5.32 Å². The summed E-state index contributed by atoms with van der Waals surface area (Å²) in [6.45, 7) is 6.52. The fraction of sp³-hybridized carbons (Fsp3) is 0.692. The van der Waals surface area contributed by atoms with E-state index in [2.05, 4.69) is 20.6 Å². The summed E-state index contributed by atoms with van der Waals surface area (Å²) in [7, 11) is 0. The standard InChI is InChI=1S/C13H20N4OS2/c1-10-15-11(7-20-10)6-16-2-4-17(5-3-16)13(18)12-8-19-9-14-12/h7,12,14H,2-6,8-9H2,1H3/t12-/m1/s1. The van der Waals surface area contributed by atoms with Crippen LogP contribution in [0.25, 0.3) is 0 Å². The lowest BCUT2D eigenvalue weighted by atomic mass is 10.2. The Labute approximate surface area is 127 Å². The van der Waals surface area contributed by atoms with Gasteiger partial charge in [-0.05, 0) is 6.92 Å². The van der Waals surface area contributed by atoms with Crippen LogP contribution in [0.2, 0.25) is 0 Å². The van der Waals surface area contributed by atoms with E-state index in [1.165, 1.54) is 0 Å². The van der Waals surface area contributed by atoms with Crippen LogP contribution >= 0.6 is 23.1 Å². The van der Waals surface area contributed by atoms with E-state index in [1.54, 1.807) is 23.1 Å². The Balaban J connectivity index is 1.48. The van der Waals surface area contributed by atoms with Crippen molar-refractivity contribution in [1.82, 2.24) is 20.1 Å². The number of amides is 1. The Hall–Kier alpha value is -0.630. The smallest absolute Gasteiger partial charge is 0.240 e. The second-order valence-electron chi connectivity index (χ2n) is 5.23. The van der Waals surface area contributed by atoms with E-state index in [0.29, 0.717) is 0 Å². The number of piperazine rings is 1. The molecule has 2 saturated heterocycles. The molecule has 1 amide bonds. The predicted octanol–water partition coefficient (Wildman–Crippen LogP) is 0.758. The van der Waals surface area contributed by atoms with Crippen molar-refractivity contribution in [2.45, 2.75) is 19.5 Å². The van der Waals surface area contributed by atoms with Crippen molar-refractivity contribution in [3.05, 3.63) is 16.1 Å². The number of aryl methyl sites for hydroxylation is 1. The minimum absolute atomic E-state index is 0.0349. The second-order valence-corrected chi connectivity index (χ2v) is 7.32.